The normalized spacial score (nSPS) is 10.7. The van der Waals surface area contributed by atoms with Crippen molar-refractivity contribution in [2.45, 2.75) is 19.6 Å². The minimum absolute atomic E-state index is 0.0277. The van der Waals surface area contributed by atoms with Crippen molar-refractivity contribution in [1.82, 2.24) is 5.32 Å². The van der Waals surface area contributed by atoms with Crippen LogP contribution in [0.15, 0.2) is 12.1 Å². The minimum atomic E-state index is -1.31. The smallest absolute Gasteiger partial charge is 0.335 e. The van der Waals surface area contributed by atoms with Crippen molar-refractivity contribution < 1.29 is 33.4 Å². The van der Waals surface area contributed by atoms with Crippen molar-refractivity contribution in [3.63, 3.8) is 0 Å². The molecule has 8 heteroatoms. The van der Waals surface area contributed by atoms with Gasteiger partial charge in [0.05, 0.1) is 12.1 Å². The molecule has 0 unspecified atom stereocenters. The lowest BCUT2D eigenvalue weighted by molar-refractivity contribution is -0.140. The van der Waals surface area contributed by atoms with Crippen LogP contribution in [0.2, 0.25) is 0 Å². The molecule has 0 saturated heterocycles. The van der Waals surface area contributed by atoms with E-state index >= 15 is 0 Å². The Morgan fingerprint density at radius 2 is 1.87 bits per heavy atom. The molecule has 7 nitrogen and oxygen atoms in total. The van der Waals surface area contributed by atoms with E-state index in [1.54, 1.807) is 0 Å². The molecular weight excluding hydrogens is 309 g/mol. The molecule has 0 atom stereocenters. The molecule has 0 heterocycles. The molecular formula is C15H18FNO6. The van der Waals surface area contributed by atoms with Crippen LogP contribution < -0.4 is 5.32 Å². The van der Waals surface area contributed by atoms with Crippen LogP contribution in [-0.4, -0.2) is 49.8 Å². The maximum atomic E-state index is 13.7. The minimum Gasteiger partial charge on any atom is -0.478 e. The van der Waals surface area contributed by atoms with E-state index in [1.165, 1.54) is 27.2 Å². The number of carboxylic acids is 1. The Hall–Kier alpha value is -2.32. The summed E-state index contributed by atoms with van der Waals surface area (Å²) >= 11 is 0. The second-order valence-corrected chi connectivity index (χ2v) is 4.76. The first-order valence-electron chi connectivity index (χ1n) is 6.69. The standard InChI is InChI=1S/C15H18FNO6/c1-8-9(4-10(15(20)21)5-11(8)16)6-12(18)14(19)17-7-13(22-2)23-3/h4-5,13H,6-7H2,1-3H3,(H,17,19)(H,20,21). The Labute approximate surface area is 132 Å². The largest absolute Gasteiger partial charge is 0.478 e. The number of methoxy groups -OCH3 is 2. The van der Waals surface area contributed by atoms with Gasteiger partial charge in [-0.25, -0.2) is 9.18 Å². The number of carbonyl (C=O) groups excluding carboxylic acids is 2. The summed E-state index contributed by atoms with van der Waals surface area (Å²) in [5, 5.41) is 11.2. The van der Waals surface area contributed by atoms with Gasteiger partial charge in [-0.3, -0.25) is 9.59 Å². The summed E-state index contributed by atoms with van der Waals surface area (Å²) in [6.07, 6.45) is -1.10. The van der Waals surface area contributed by atoms with Gasteiger partial charge in [0.15, 0.2) is 6.29 Å². The van der Waals surface area contributed by atoms with Crippen molar-refractivity contribution in [3.8, 4) is 0 Å². The number of carboxylic acid groups (broad SMARTS) is 1. The third-order valence-electron chi connectivity index (χ3n) is 3.26. The van der Waals surface area contributed by atoms with Crippen LogP contribution in [0, 0.1) is 12.7 Å². The highest BCUT2D eigenvalue weighted by molar-refractivity contribution is 6.36. The highest BCUT2D eigenvalue weighted by atomic mass is 19.1. The Morgan fingerprint density at radius 1 is 1.26 bits per heavy atom. The first-order chi connectivity index (χ1) is 10.8. The predicted molar refractivity (Wildman–Crippen MR) is 77.6 cm³/mol. The van der Waals surface area contributed by atoms with Gasteiger partial charge in [-0.15, -0.1) is 0 Å². The second-order valence-electron chi connectivity index (χ2n) is 4.76. The maximum absolute atomic E-state index is 13.7. The van der Waals surface area contributed by atoms with Crippen molar-refractivity contribution in [3.05, 3.63) is 34.6 Å². The monoisotopic (exact) mass is 327 g/mol. The quantitative estimate of drug-likeness (QED) is 0.538. The number of carbonyl (C=O) groups is 3. The molecule has 0 aliphatic heterocycles. The average molecular weight is 327 g/mol. The molecule has 1 aromatic rings. The van der Waals surface area contributed by atoms with Crippen LogP contribution in [-0.2, 0) is 25.5 Å². The zero-order chi connectivity index (χ0) is 17.6. The van der Waals surface area contributed by atoms with E-state index in [4.69, 9.17) is 14.6 Å². The number of ketones is 1. The molecule has 0 fully saturated rings. The van der Waals surface area contributed by atoms with E-state index in [1.807, 2.05) is 0 Å². The first kappa shape index (κ1) is 18.7. The Kier molecular flexibility index (Phi) is 6.80. The van der Waals surface area contributed by atoms with Gasteiger partial charge in [0, 0.05) is 20.6 Å². The topological polar surface area (TPSA) is 102 Å². The van der Waals surface area contributed by atoms with Crippen molar-refractivity contribution in [2.24, 2.45) is 0 Å². The summed E-state index contributed by atoms with van der Waals surface area (Å²) in [4.78, 5) is 34.5. The van der Waals surface area contributed by atoms with E-state index in [0.717, 1.165) is 6.07 Å². The number of benzene rings is 1. The molecule has 2 N–H and O–H groups in total. The van der Waals surface area contributed by atoms with Gasteiger partial charge in [-0.1, -0.05) is 0 Å². The van der Waals surface area contributed by atoms with Crippen molar-refractivity contribution in [2.75, 3.05) is 20.8 Å². The Morgan fingerprint density at radius 3 is 2.39 bits per heavy atom. The summed E-state index contributed by atoms with van der Waals surface area (Å²) in [5.74, 6) is -3.76. The van der Waals surface area contributed by atoms with Crippen molar-refractivity contribution in [1.29, 1.82) is 0 Å². The summed E-state index contributed by atoms with van der Waals surface area (Å²) < 4.78 is 23.4. The number of amides is 1. The van der Waals surface area contributed by atoms with E-state index in [2.05, 4.69) is 5.32 Å². The number of hydrogen-bond acceptors (Lipinski definition) is 5. The van der Waals surface area contributed by atoms with Crippen LogP contribution in [0.1, 0.15) is 21.5 Å². The van der Waals surface area contributed by atoms with E-state index in [0.29, 0.717) is 0 Å². The van der Waals surface area contributed by atoms with E-state index < -0.39 is 36.2 Å². The zero-order valence-electron chi connectivity index (χ0n) is 13.0. The highest BCUT2D eigenvalue weighted by Crippen LogP contribution is 2.17. The lowest BCUT2D eigenvalue weighted by Crippen LogP contribution is -2.38. The lowest BCUT2D eigenvalue weighted by atomic mass is 9.99. The van der Waals surface area contributed by atoms with Gasteiger partial charge < -0.3 is 19.9 Å². The third-order valence-corrected chi connectivity index (χ3v) is 3.26. The van der Waals surface area contributed by atoms with E-state index in [9.17, 15) is 18.8 Å². The molecule has 1 amide bonds. The summed E-state index contributed by atoms with van der Waals surface area (Å²) in [5.41, 5.74) is -0.00414. The number of halogens is 1. The molecule has 0 bridgehead atoms. The fourth-order valence-corrected chi connectivity index (χ4v) is 1.83. The average Bonchev–Trinajstić information content (AvgIpc) is 2.51. The molecule has 1 aromatic carbocycles. The van der Waals surface area contributed by atoms with E-state index in [-0.39, 0.29) is 23.2 Å². The van der Waals surface area contributed by atoms with Crippen molar-refractivity contribution >= 4 is 17.7 Å². The Bertz CT molecular complexity index is 612. The predicted octanol–water partition coefficient (Wildman–Crippen LogP) is 0.679. The van der Waals surface area contributed by atoms with Gasteiger partial charge in [0.1, 0.15) is 5.82 Å². The molecule has 126 valence electrons. The summed E-state index contributed by atoms with van der Waals surface area (Å²) in [6.45, 7) is 1.38. The Balaban J connectivity index is 2.81. The van der Waals surface area contributed by atoms with Gasteiger partial charge in [-0.2, -0.15) is 0 Å². The fourth-order valence-electron chi connectivity index (χ4n) is 1.83. The zero-order valence-corrected chi connectivity index (χ0v) is 13.0. The summed E-state index contributed by atoms with van der Waals surface area (Å²) in [6, 6.07) is 2.05. The first-order valence-corrected chi connectivity index (χ1v) is 6.69. The van der Waals surface area contributed by atoms with Gasteiger partial charge in [-0.05, 0) is 30.2 Å². The molecule has 0 spiro atoms. The highest BCUT2D eigenvalue weighted by Gasteiger charge is 2.19. The van der Waals surface area contributed by atoms with Crippen LogP contribution >= 0.6 is 0 Å². The van der Waals surface area contributed by atoms with Crippen LogP contribution in [0.5, 0.6) is 0 Å². The van der Waals surface area contributed by atoms with Gasteiger partial charge >= 0.3 is 5.97 Å². The van der Waals surface area contributed by atoms with Crippen LogP contribution in [0.25, 0.3) is 0 Å². The molecule has 23 heavy (non-hydrogen) atoms. The number of ether oxygens (including phenoxy) is 2. The lowest BCUT2D eigenvalue weighted by Gasteiger charge is -2.14. The SMILES string of the molecule is COC(CNC(=O)C(=O)Cc1cc(C(=O)O)cc(F)c1C)OC. The number of Topliss-reactive ketones (excluding diaryl/α,β-unsaturated/α-hetero) is 1. The molecule has 0 aliphatic carbocycles. The molecule has 0 aromatic heterocycles. The number of nitrogens with one attached hydrogen (secondary N) is 1. The molecule has 0 aliphatic rings. The fraction of sp³-hybridized carbons (Fsp3) is 0.400. The number of hydrogen-bond donors (Lipinski definition) is 2. The third kappa shape index (κ3) is 5.11. The maximum Gasteiger partial charge on any atom is 0.335 e. The number of aromatic carboxylic acids is 1. The summed E-state index contributed by atoms with van der Waals surface area (Å²) in [7, 11) is 2.76. The molecule has 1 rings (SSSR count). The van der Waals surface area contributed by atoms with Gasteiger partial charge in [0.25, 0.3) is 5.91 Å². The molecule has 0 radical (unpaired) electrons. The van der Waals surface area contributed by atoms with Crippen LogP contribution in [0.3, 0.4) is 0 Å². The second kappa shape index (κ2) is 8.35. The van der Waals surface area contributed by atoms with Crippen LogP contribution in [0.4, 0.5) is 4.39 Å². The van der Waals surface area contributed by atoms with Gasteiger partial charge in [0.2, 0.25) is 5.78 Å². The molecule has 0 saturated carbocycles. The number of rotatable bonds is 8.